The third kappa shape index (κ3) is 4.63. The average Bonchev–Trinajstić information content (AvgIpc) is 3.18. The number of ether oxygens (including phenoxy) is 2. The topological polar surface area (TPSA) is 97.5 Å². The van der Waals surface area contributed by atoms with Crippen LogP contribution in [0.25, 0.3) is 23.0 Å². The van der Waals surface area contributed by atoms with Gasteiger partial charge in [-0.2, -0.15) is 4.98 Å². The van der Waals surface area contributed by atoms with Gasteiger partial charge in [0.25, 0.3) is 5.89 Å². The highest BCUT2D eigenvalue weighted by atomic mass is 16.5. The molecule has 0 atom stereocenters. The molecule has 3 rings (SSSR count). The van der Waals surface area contributed by atoms with Crippen LogP contribution >= 0.6 is 0 Å². The fourth-order valence-electron chi connectivity index (χ4n) is 2.97. The smallest absolute Gasteiger partial charge is 0.254 e. The predicted molar refractivity (Wildman–Crippen MR) is 106 cm³/mol. The molecular weight excluding hydrogens is 372 g/mol. The van der Waals surface area contributed by atoms with Crippen LogP contribution in [0.3, 0.4) is 0 Å². The largest absolute Gasteiger partial charge is 0.550 e. The number of carboxylic acid groups (broad SMARTS) is 1. The molecule has 0 aliphatic carbocycles. The highest BCUT2D eigenvalue weighted by Crippen LogP contribution is 2.32. The number of rotatable bonds is 7. The van der Waals surface area contributed by atoms with E-state index in [0.29, 0.717) is 28.5 Å². The maximum absolute atomic E-state index is 11.3. The molecule has 7 nitrogen and oxygen atoms in total. The zero-order valence-corrected chi connectivity index (χ0v) is 16.7. The second-order valence-electron chi connectivity index (χ2n) is 6.57. The molecule has 3 aromatic rings. The summed E-state index contributed by atoms with van der Waals surface area (Å²) in [5, 5.41) is 15.3. The van der Waals surface area contributed by atoms with Crippen LogP contribution in [0.5, 0.6) is 11.5 Å². The van der Waals surface area contributed by atoms with E-state index in [1.807, 2.05) is 32.0 Å². The predicted octanol–water partition coefficient (Wildman–Crippen LogP) is 3.05. The molecule has 150 valence electrons. The molecular formula is C22H21N2O5-. The molecule has 0 spiro atoms. The third-order valence-corrected chi connectivity index (χ3v) is 4.43. The number of aromatic nitrogens is 2. The van der Waals surface area contributed by atoms with Crippen LogP contribution in [0.2, 0.25) is 0 Å². The van der Waals surface area contributed by atoms with Gasteiger partial charge in [-0.05, 0) is 49.2 Å². The molecule has 0 saturated heterocycles. The Morgan fingerprint density at radius 2 is 1.86 bits per heavy atom. The lowest BCUT2D eigenvalue weighted by Crippen LogP contribution is -2.22. The summed E-state index contributed by atoms with van der Waals surface area (Å²) in [6.45, 7) is 3.95. The number of nitrogens with zero attached hydrogens (tertiary/aromatic N) is 2. The third-order valence-electron chi connectivity index (χ3n) is 4.43. The molecule has 0 aliphatic heterocycles. The maximum Gasteiger partial charge on any atom is 0.254 e. The van der Waals surface area contributed by atoms with Gasteiger partial charge in [0, 0.05) is 23.5 Å². The quantitative estimate of drug-likeness (QED) is 0.608. The number of hydrogen-bond donors (Lipinski definition) is 0. The Kier molecular flexibility index (Phi) is 5.97. The second kappa shape index (κ2) is 8.60. The van der Waals surface area contributed by atoms with Crippen molar-refractivity contribution >= 4 is 17.6 Å². The fourth-order valence-corrected chi connectivity index (χ4v) is 2.97. The van der Waals surface area contributed by atoms with E-state index < -0.39 is 5.97 Å². The zero-order valence-electron chi connectivity index (χ0n) is 16.7. The number of aliphatic carboxylic acids is 1. The van der Waals surface area contributed by atoms with Crippen molar-refractivity contribution in [3.8, 4) is 22.9 Å². The standard InChI is InChI=1S/C22H22N2O5/c1-13-5-6-15(14(2)9-13)10-17(12-20(25)26)22-23-21(24-29-22)16-7-8-18(27-3)19(11-16)28-4/h5-11H,12H2,1-4H3,(H,25,26)/p-1/b17-10+. The van der Waals surface area contributed by atoms with Crippen molar-refractivity contribution in [2.24, 2.45) is 0 Å². The highest BCUT2D eigenvalue weighted by Gasteiger charge is 2.16. The van der Waals surface area contributed by atoms with Gasteiger partial charge in [0.15, 0.2) is 11.5 Å². The van der Waals surface area contributed by atoms with Crippen LogP contribution in [0.4, 0.5) is 0 Å². The number of methoxy groups -OCH3 is 2. The average molecular weight is 393 g/mol. The number of carbonyl (C=O) groups excluding carboxylic acids is 1. The van der Waals surface area contributed by atoms with E-state index in [4.69, 9.17) is 14.0 Å². The first kappa shape index (κ1) is 20.1. The van der Waals surface area contributed by atoms with Crippen molar-refractivity contribution in [1.82, 2.24) is 10.1 Å². The van der Waals surface area contributed by atoms with Gasteiger partial charge in [-0.3, -0.25) is 0 Å². The van der Waals surface area contributed by atoms with Crippen LogP contribution in [0.15, 0.2) is 40.9 Å². The van der Waals surface area contributed by atoms with Gasteiger partial charge in [0.1, 0.15) is 0 Å². The summed E-state index contributed by atoms with van der Waals surface area (Å²) in [6.07, 6.45) is 1.39. The van der Waals surface area contributed by atoms with Crippen molar-refractivity contribution < 1.29 is 23.9 Å². The molecule has 1 heterocycles. The summed E-state index contributed by atoms with van der Waals surface area (Å²) in [7, 11) is 3.09. The monoisotopic (exact) mass is 393 g/mol. The molecule has 0 unspecified atom stereocenters. The number of benzene rings is 2. The summed E-state index contributed by atoms with van der Waals surface area (Å²) in [5.41, 5.74) is 4.03. The fraction of sp³-hybridized carbons (Fsp3) is 0.227. The first-order valence-electron chi connectivity index (χ1n) is 8.95. The van der Waals surface area contributed by atoms with Gasteiger partial charge in [0.05, 0.1) is 14.2 Å². The molecule has 0 amide bonds. The number of carbonyl (C=O) groups is 1. The van der Waals surface area contributed by atoms with Gasteiger partial charge in [-0.15, -0.1) is 0 Å². The van der Waals surface area contributed by atoms with E-state index in [-0.39, 0.29) is 12.3 Å². The van der Waals surface area contributed by atoms with Gasteiger partial charge in [-0.1, -0.05) is 28.9 Å². The van der Waals surface area contributed by atoms with Crippen molar-refractivity contribution in [3.05, 3.63) is 59.0 Å². The summed E-state index contributed by atoms with van der Waals surface area (Å²) in [5.74, 6) is 0.307. The normalized spacial score (nSPS) is 11.4. The lowest BCUT2D eigenvalue weighted by Gasteiger charge is -2.08. The molecule has 0 bridgehead atoms. The van der Waals surface area contributed by atoms with E-state index in [1.54, 1.807) is 31.4 Å². The molecule has 0 radical (unpaired) electrons. The number of carboxylic acids is 1. The number of aryl methyl sites for hydroxylation is 2. The minimum Gasteiger partial charge on any atom is -0.550 e. The van der Waals surface area contributed by atoms with E-state index in [2.05, 4.69) is 10.1 Å². The Hall–Kier alpha value is -3.61. The van der Waals surface area contributed by atoms with Crippen molar-refractivity contribution in [1.29, 1.82) is 0 Å². The van der Waals surface area contributed by atoms with E-state index in [0.717, 1.165) is 16.7 Å². The second-order valence-corrected chi connectivity index (χ2v) is 6.57. The van der Waals surface area contributed by atoms with Crippen molar-refractivity contribution in [3.63, 3.8) is 0 Å². The van der Waals surface area contributed by atoms with E-state index in [1.165, 1.54) is 7.11 Å². The minimum absolute atomic E-state index is 0.124. The van der Waals surface area contributed by atoms with Crippen molar-refractivity contribution in [2.45, 2.75) is 20.3 Å². The van der Waals surface area contributed by atoms with Crippen LogP contribution in [-0.4, -0.2) is 30.3 Å². The van der Waals surface area contributed by atoms with Crippen LogP contribution in [-0.2, 0) is 4.79 Å². The molecule has 0 saturated carbocycles. The van der Waals surface area contributed by atoms with Crippen LogP contribution in [0, 0.1) is 13.8 Å². The first-order chi connectivity index (χ1) is 13.9. The molecule has 2 aromatic carbocycles. The Balaban J connectivity index is 2.00. The summed E-state index contributed by atoms with van der Waals surface area (Å²) in [4.78, 5) is 15.6. The molecule has 0 fully saturated rings. The Labute approximate surface area is 168 Å². The van der Waals surface area contributed by atoms with Crippen molar-refractivity contribution in [2.75, 3.05) is 14.2 Å². The lowest BCUT2D eigenvalue weighted by atomic mass is 10.0. The van der Waals surface area contributed by atoms with Gasteiger partial charge in [0.2, 0.25) is 5.82 Å². The van der Waals surface area contributed by atoms with E-state index in [9.17, 15) is 9.90 Å². The summed E-state index contributed by atoms with van der Waals surface area (Å²) >= 11 is 0. The van der Waals surface area contributed by atoms with E-state index >= 15 is 0 Å². The summed E-state index contributed by atoms with van der Waals surface area (Å²) in [6, 6.07) is 11.1. The lowest BCUT2D eigenvalue weighted by molar-refractivity contribution is -0.304. The highest BCUT2D eigenvalue weighted by molar-refractivity contribution is 5.89. The molecule has 1 aromatic heterocycles. The van der Waals surface area contributed by atoms with Crippen LogP contribution < -0.4 is 14.6 Å². The zero-order chi connectivity index (χ0) is 21.0. The molecule has 0 N–H and O–H groups in total. The van der Waals surface area contributed by atoms with Gasteiger partial charge in [-0.25, -0.2) is 0 Å². The first-order valence-corrected chi connectivity index (χ1v) is 8.95. The number of hydrogen-bond acceptors (Lipinski definition) is 7. The Morgan fingerprint density at radius 3 is 2.52 bits per heavy atom. The van der Waals surface area contributed by atoms with Gasteiger partial charge < -0.3 is 23.9 Å². The minimum atomic E-state index is -1.23. The van der Waals surface area contributed by atoms with Crippen LogP contribution in [0.1, 0.15) is 29.0 Å². The Bertz CT molecular complexity index is 1070. The SMILES string of the molecule is COc1ccc(-c2noc(/C(=C/c3ccc(C)cc3C)CC(=O)[O-])n2)cc1OC. The summed E-state index contributed by atoms with van der Waals surface area (Å²) < 4.78 is 15.9. The molecule has 29 heavy (non-hydrogen) atoms. The molecule has 0 aliphatic rings. The van der Waals surface area contributed by atoms with Gasteiger partial charge >= 0.3 is 0 Å². The maximum atomic E-state index is 11.3. The molecule has 7 heteroatoms. The Morgan fingerprint density at radius 1 is 1.10 bits per heavy atom.